The zero-order chi connectivity index (χ0) is 19.7. The van der Waals surface area contributed by atoms with E-state index in [4.69, 9.17) is 14.2 Å². The van der Waals surface area contributed by atoms with Crippen LogP contribution in [0.5, 0.6) is 17.2 Å². The average Bonchev–Trinajstić information content (AvgIpc) is 3.60. The summed E-state index contributed by atoms with van der Waals surface area (Å²) < 4.78 is 18.1. The van der Waals surface area contributed by atoms with Crippen LogP contribution in [0, 0.1) is 5.92 Å². The molecule has 0 saturated heterocycles. The van der Waals surface area contributed by atoms with E-state index < -0.39 is 0 Å². The van der Waals surface area contributed by atoms with Gasteiger partial charge in [0.05, 0.1) is 13.2 Å². The molecule has 0 amide bonds. The molecule has 0 aromatic heterocycles. The van der Waals surface area contributed by atoms with Gasteiger partial charge >= 0.3 is 0 Å². The van der Waals surface area contributed by atoms with Crippen molar-refractivity contribution >= 4 is 0 Å². The molecular weight excluding hydrogens is 360 g/mol. The highest BCUT2D eigenvalue weighted by Crippen LogP contribution is 2.34. The van der Waals surface area contributed by atoms with Crippen molar-refractivity contribution in [3.05, 3.63) is 90.0 Å². The quantitative estimate of drug-likeness (QED) is 0.373. The molecule has 1 fully saturated rings. The zero-order valence-electron chi connectivity index (χ0n) is 16.8. The summed E-state index contributed by atoms with van der Waals surface area (Å²) >= 11 is 0. The Labute approximate surface area is 173 Å². The first-order chi connectivity index (χ1) is 14.4. The van der Waals surface area contributed by atoms with E-state index in [0.717, 1.165) is 48.2 Å². The number of ether oxygens (including phenoxy) is 3. The lowest BCUT2D eigenvalue weighted by atomic mass is 10.1. The molecule has 3 heteroatoms. The number of benzene rings is 3. The van der Waals surface area contributed by atoms with Crippen molar-refractivity contribution in [2.75, 3.05) is 13.2 Å². The first kappa shape index (κ1) is 19.4. The van der Waals surface area contributed by atoms with Gasteiger partial charge in [-0.3, -0.25) is 0 Å². The molecule has 0 N–H and O–H groups in total. The molecule has 0 atom stereocenters. The van der Waals surface area contributed by atoms with E-state index in [9.17, 15) is 0 Å². The Morgan fingerprint density at radius 3 is 2.14 bits per heavy atom. The molecule has 29 heavy (non-hydrogen) atoms. The van der Waals surface area contributed by atoms with Gasteiger partial charge in [-0.15, -0.1) is 0 Å². The third kappa shape index (κ3) is 6.28. The van der Waals surface area contributed by atoms with Crippen molar-refractivity contribution < 1.29 is 14.2 Å². The summed E-state index contributed by atoms with van der Waals surface area (Å²) in [5, 5.41) is 0. The molecule has 1 aliphatic carbocycles. The van der Waals surface area contributed by atoms with Gasteiger partial charge in [0, 0.05) is 6.07 Å². The molecule has 1 saturated carbocycles. The Morgan fingerprint density at radius 2 is 1.41 bits per heavy atom. The third-order valence-electron chi connectivity index (χ3n) is 5.05. The van der Waals surface area contributed by atoms with E-state index >= 15 is 0 Å². The van der Waals surface area contributed by atoms with Crippen LogP contribution in [0.2, 0.25) is 0 Å². The molecule has 3 aromatic carbocycles. The lowest BCUT2D eigenvalue weighted by Gasteiger charge is -2.15. The van der Waals surface area contributed by atoms with Crippen molar-refractivity contribution in [2.45, 2.75) is 32.3 Å². The van der Waals surface area contributed by atoms with Gasteiger partial charge in [-0.2, -0.15) is 0 Å². The fraction of sp³-hybridized carbons (Fsp3) is 0.308. The van der Waals surface area contributed by atoms with Crippen molar-refractivity contribution in [2.24, 2.45) is 5.92 Å². The fourth-order valence-corrected chi connectivity index (χ4v) is 3.15. The average molecular weight is 389 g/mol. The molecule has 0 aliphatic heterocycles. The zero-order valence-corrected chi connectivity index (χ0v) is 16.8. The number of hydrogen-bond acceptors (Lipinski definition) is 3. The van der Waals surface area contributed by atoms with Crippen LogP contribution in [0.25, 0.3) is 0 Å². The van der Waals surface area contributed by atoms with Crippen LogP contribution >= 0.6 is 0 Å². The summed E-state index contributed by atoms with van der Waals surface area (Å²) in [5.41, 5.74) is 2.47. The number of rotatable bonds is 11. The SMILES string of the molecule is c1ccc(CCCOc2cc(OCC3CC3)ccc2OCc2ccccc2)cc1. The van der Waals surface area contributed by atoms with Gasteiger partial charge in [-0.25, -0.2) is 0 Å². The summed E-state index contributed by atoms with van der Waals surface area (Å²) in [5.74, 6) is 3.08. The topological polar surface area (TPSA) is 27.7 Å². The van der Waals surface area contributed by atoms with Crippen molar-refractivity contribution in [1.82, 2.24) is 0 Å². The second-order valence-electron chi connectivity index (χ2n) is 7.57. The molecule has 0 bridgehead atoms. The Hall–Kier alpha value is -2.94. The van der Waals surface area contributed by atoms with Crippen LogP contribution in [0.4, 0.5) is 0 Å². The second-order valence-corrected chi connectivity index (χ2v) is 7.57. The molecule has 150 valence electrons. The van der Waals surface area contributed by atoms with Gasteiger partial charge < -0.3 is 14.2 Å². The predicted molar refractivity (Wildman–Crippen MR) is 116 cm³/mol. The first-order valence-electron chi connectivity index (χ1n) is 10.5. The van der Waals surface area contributed by atoms with E-state index in [-0.39, 0.29) is 0 Å². The second kappa shape index (κ2) is 10.0. The molecule has 0 spiro atoms. The molecule has 0 radical (unpaired) electrons. The molecule has 4 rings (SSSR count). The van der Waals surface area contributed by atoms with Gasteiger partial charge in [0.15, 0.2) is 11.5 Å². The largest absolute Gasteiger partial charge is 0.493 e. The van der Waals surface area contributed by atoms with E-state index in [2.05, 4.69) is 36.4 Å². The maximum absolute atomic E-state index is 6.11. The molecule has 3 aromatic rings. The molecular formula is C26H28O3. The van der Waals surface area contributed by atoms with Gasteiger partial charge in [-0.1, -0.05) is 60.7 Å². The van der Waals surface area contributed by atoms with E-state index in [0.29, 0.717) is 13.2 Å². The summed E-state index contributed by atoms with van der Waals surface area (Å²) in [6.07, 6.45) is 4.51. The molecule has 3 nitrogen and oxygen atoms in total. The minimum atomic E-state index is 0.517. The molecule has 0 heterocycles. The lowest BCUT2D eigenvalue weighted by Crippen LogP contribution is -2.04. The smallest absolute Gasteiger partial charge is 0.164 e. The van der Waals surface area contributed by atoms with Crippen molar-refractivity contribution in [3.8, 4) is 17.2 Å². The number of aryl methyl sites for hydroxylation is 1. The van der Waals surface area contributed by atoms with Crippen LogP contribution in [-0.4, -0.2) is 13.2 Å². The van der Waals surface area contributed by atoms with Gasteiger partial charge in [0.25, 0.3) is 0 Å². The van der Waals surface area contributed by atoms with Crippen LogP contribution in [0.15, 0.2) is 78.9 Å². The number of hydrogen-bond donors (Lipinski definition) is 0. The fourth-order valence-electron chi connectivity index (χ4n) is 3.15. The van der Waals surface area contributed by atoms with Crippen LogP contribution in [-0.2, 0) is 13.0 Å². The Balaban J connectivity index is 1.37. The van der Waals surface area contributed by atoms with Crippen molar-refractivity contribution in [3.63, 3.8) is 0 Å². The molecule has 0 unspecified atom stereocenters. The Bertz CT molecular complexity index is 873. The summed E-state index contributed by atoms with van der Waals surface area (Å²) in [6, 6.07) is 26.6. The van der Waals surface area contributed by atoms with Crippen LogP contribution < -0.4 is 14.2 Å². The van der Waals surface area contributed by atoms with Gasteiger partial charge in [0.2, 0.25) is 0 Å². The van der Waals surface area contributed by atoms with E-state index in [1.807, 2.05) is 42.5 Å². The Morgan fingerprint density at radius 1 is 0.690 bits per heavy atom. The lowest BCUT2D eigenvalue weighted by molar-refractivity contribution is 0.254. The standard InChI is InChI=1S/C26H28O3/c1-3-8-21(9-4-1)12-7-17-27-26-18-24(28-19-23-13-14-23)15-16-25(26)29-20-22-10-5-2-6-11-22/h1-6,8-11,15-16,18,23H,7,12-14,17,19-20H2. The third-order valence-corrected chi connectivity index (χ3v) is 5.05. The molecule has 1 aliphatic rings. The van der Waals surface area contributed by atoms with Gasteiger partial charge in [-0.05, 0) is 54.9 Å². The maximum atomic E-state index is 6.11. The van der Waals surface area contributed by atoms with E-state index in [1.165, 1.54) is 18.4 Å². The highest BCUT2D eigenvalue weighted by atomic mass is 16.5. The maximum Gasteiger partial charge on any atom is 0.164 e. The van der Waals surface area contributed by atoms with Crippen molar-refractivity contribution in [1.29, 1.82) is 0 Å². The summed E-state index contributed by atoms with van der Waals surface area (Å²) in [4.78, 5) is 0. The van der Waals surface area contributed by atoms with E-state index in [1.54, 1.807) is 0 Å². The van der Waals surface area contributed by atoms with Crippen LogP contribution in [0.1, 0.15) is 30.4 Å². The normalized spacial score (nSPS) is 13.1. The highest BCUT2D eigenvalue weighted by molar-refractivity contribution is 5.45. The summed E-state index contributed by atoms with van der Waals surface area (Å²) in [6.45, 7) is 1.95. The minimum absolute atomic E-state index is 0.517. The Kier molecular flexibility index (Phi) is 6.69. The van der Waals surface area contributed by atoms with Crippen LogP contribution in [0.3, 0.4) is 0 Å². The first-order valence-corrected chi connectivity index (χ1v) is 10.5. The highest BCUT2D eigenvalue weighted by Gasteiger charge is 2.22. The minimum Gasteiger partial charge on any atom is -0.493 e. The summed E-state index contributed by atoms with van der Waals surface area (Å²) in [7, 11) is 0. The van der Waals surface area contributed by atoms with Gasteiger partial charge in [0.1, 0.15) is 12.4 Å². The monoisotopic (exact) mass is 388 g/mol. The predicted octanol–water partition coefficient (Wildman–Crippen LogP) is 6.07.